The van der Waals surface area contributed by atoms with E-state index in [1.165, 1.54) is 6.92 Å². The van der Waals surface area contributed by atoms with Gasteiger partial charge in [0.25, 0.3) is 5.91 Å². The average Bonchev–Trinajstić information content (AvgIpc) is 3.38. The van der Waals surface area contributed by atoms with Crippen LogP contribution in [0.25, 0.3) is 0 Å². The lowest BCUT2D eigenvalue weighted by molar-refractivity contribution is -0.130. The Morgan fingerprint density at radius 1 is 1.08 bits per heavy atom. The summed E-state index contributed by atoms with van der Waals surface area (Å²) in [5, 5.41) is 5.78. The lowest BCUT2D eigenvalue weighted by Gasteiger charge is -2.45. The third-order valence-corrected chi connectivity index (χ3v) is 8.64. The Morgan fingerprint density at radius 2 is 1.74 bits per heavy atom. The summed E-state index contributed by atoms with van der Waals surface area (Å²) in [7, 11) is 0. The van der Waals surface area contributed by atoms with Crippen LogP contribution in [-0.4, -0.2) is 46.8 Å². The highest BCUT2D eigenvalue weighted by molar-refractivity contribution is 6.09. The number of nitrogens with one attached hydrogen (secondary N) is 2. The molecule has 4 amide bonds. The van der Waals surface area contributed by atoms with E-state index in [0.717, 1.165) is 11.3 Å². The Balaban J connectivity index is 1.81. The number of rotatable bonds is 3. The van der Waals surface area contributed by atoms with Crippen molar-refractivity contribution in [3.05, 3.63) is 72.3 Å². The molecule has 1 saturated heterocycles. The highest BCUT2D eigenvalue weighted by Gasteiger charge is 2.68. The Kier molecular flexibility index (Phi) is 5.97. The Labute approximate surface area is 223 Å². The molecule has 0 saturated carbocycles. The number of carbonyl (C=O) groups excluding carboxylic acids is 4. The SMILES string of the molecule is C=CC(C)(C)[C@]12C[C@@H]3C(=O)NC(C(C)C)C(=O)Nc4ccccc4C(=O)N3[C@H]1N(C(C)=O)c1ccccc12. The third kappa shape index (κ3) is 3.42. The van der Waals surface area contributed by atoms with E-state index < -0.39 is 40.9 Å². The largest absolute Gasteiger partial charge is 0.342 e. The van der Waals surface area contributed by atoms with Crippen LogP contribution in [-0.2, 0) is 19.8 Å². The first-order chi connectivity index (χ1) is 18.0. The zero-order chi connectivity index (χ0) is 27.6. The van der Waals surface area contributed by atoms with Crippen LogP contribution >= 0.6 is 0 Å². The van der Waals surface area contributed by atoms with Crippen LogP contribution in [0.2, 0.25) is 0 Å². The van der Waals surface area contributed by atoms with Crippen molar-refractivity contribution >= 4 is 35.0 Å². The second-order valence-corrected chi connectivity index (χ2v) is 11.4. The van der Waals surface area contributed by atoms with E-state index in [1.807, 2.05) is 58.0 Å². The first-order valence-electron chi connectivity index (χ1n) is 13.0. The fourth-order valence-electron chi connectivity index (χ4n) is 6.55. The Hall–Kier alpha value is -3.94. The molecule has 0 radical (unpaired) electrons. The van der Waals surface area contributed by atoms with Crippen molar-refractivity contribution in [2.24, 2.45) is 11.3 Å². The summed E-state index contributed by atoms with van der Waals surface area (Å²) in [4.78, 5) is 58.2. The van der Waals surface area contributed by atoms with Crippen molar-refractivity contribution in [2.45, 2.75) is 64.7 Å². The number of anilines is 2. The first-order valence-corrected chi connectivity index (χ1v) is 13.0. The van der Waals surface area contributed by atoms with Gasteiger partial charge in [-0.25, -0.2) is 0 Å². The highest BCUT2D eigenvalue weighted by atomic mass is 16.2. The fourth-order valence-corrected chi connectivity index (χ4v) is 6.55. The predicted molar refractivity (Wildman–Crippen MR) is 145 cm³/mol. The van der Waals surface area contributed by atoms with Gasteiger partial charge in [0.05, 0.1) is 11.3 Å². The van der Waals surface area contributed by atoms with E-state index in [4.69, 9.17) is 0 Å². The average molecular weight is 515 g/mol. The summed E-state index contributed by atoms with van der Waals surface area (Å²) in [6.45, 7) is 13.4. The molecule has 198 valence electrons. The maximum atomic E-state index is 14.5. The van der Waals surface area contributed by atoms with Crippen LogP contribution in [0, 0.1) is 11.3 Å². The molecule has 2 N–H and O–H groups in total. The summed E-state index contributed by atoms with van der Waals surface area (Å²) >= 11 is 0. The summed E-state index contributed by atoms with van der Waals surface area (Å²) in [5.41, 5.74) is 0.837. The van der Waals surface area contributed by atoms with Gasteiger partial charge in [-0.1, -0.05) is 64.1 Å². The standard InChI is InChI=1S/C30H34N4O4/c1-7-29(5,6)30-16-23-25(36)32-24(17(2)3)26(37)31-21-14-10-8-12-19(21)27(38)34(23)28(30)33(18(4)35)22-15-11-9-13-20(22)30/h7-15,17,23-24,28H,1,16H2,2-6H3,(H,31,37)(H,32,36)/t23-,24?,28-,30+/m1/s1. The number of fused-ring (bicyclic) bond motifs is 6. The van der Waals surface area contributed by atoms with Gasteiger partial charge in [-0.3, -0.25) is 24.1 Å². The molecule has 1 unspecified atom stereocenters. The van der Waals surface area contributed by atoms with Gasteiger partial charge in [-0.2, -0.15) is 0 Å². The van der Waals surface area contributed by atoms with Crippen molar-refractivity contribution in [2.75, 3.05) is 10.2 Å². The lowest BCUT2D eigenvalue weighted by Crippen LogP contribution is -2.60. The van der Waals surface area contributed by atoms with E-state index in [-0.39, 0.29) is 29.7 Å². The van der Waals surface area contributed by atoms with E-state index >= 15 is 0 Å². The molecule has 38 heavy (non-hydrogen) atoms. The minimum Gasteiger partial charge on any atom is -0.342 e. The van der Waals surface area contributed by atoms with Gasteiger partial charge >= 0.3 is 0 Å². The molecule has 8 nitrogen and oxygen atoms in total. The van der Waals surface area contributed by atoms with Crippen molar-refractivity contribution < 1.29 is 19.2 Å². The molecule has 0 aromatic heterocycles. The molecule has 0 spiro atoms. The molecule has 5 rings (SSSR count). The van der Waals surface area contributed by atoms with Gasteiger partial charge in [-0.15, -0.1) is 6.58 Å². The lowest BCUT2D eigenvalue weighted by atomic mass is 9.60. The van der Waals surface area contributed by atoms with Gasteiger partial charge in [0.2, 0.25) is 17.7 Å². The molecular formula is C30H34N4O4. The van der Waals surface area contributed by atoms with Crippen LogP contribution in [0.3, 0.4) is 0 Å². The number of allylic oxidation sites excluding steroid dienone is 1. The second kappa shape index (κ2) is 8.82. The molecule has 3 aliphatic heterocycles. The van der Waals surface area contributed by atoms with Crippen LogP contribution in [0.15, 0.2) is 61.2 Å². The van der Waals surface area contributed by atoms with E-state index in [9.17, 15) is 19.2 Å². The maximum absolute atomic E-state index is 14.5. The summed E-state index contributed by atoms with van der Waals surface area (Å²) in [6.07, 6.45) is 1.34. The number of amides is 4. The molecule has 3 aliphatic rings. The maximum Gasteiger partial charge on any atom is 0.258 e. The van der Waals surface area contributed by atoms with E-state index in [0.29, 0.717) is 5.69 Å². The number of hydrogen-bond donors (Lipinski definition) is 2. The van der Waals surface area contributed by atoms with Crippen LogP contribution in [0.4, 0.5) is 11.4 Å². The van der Waals surface area contributed by atoms with Gasteiger partial charge in [0, 0.05) is 18.0 Å². The molecule has 2 aromatic rings. The molecule has 8 heteroatoms. The predicted octanol–water partition coefficient (Wildman–Crippen LogP) is 3.84. The Morgan fingerprint density at radius 3 is 2.39 bits per heavy atom. The monoisotopic (exact) mass is 514 g/mol. The topological polar surface area (TPSA) is 98.8 Å². The molecule has 2 aromatic carbocycles. The zero-order valence-electron chi connectivity index (χ0n) is 22.4. The minimum absolute atomic E-state index is 0.191. The molecule has 0 bridgehead atoms. The Bertz CT molecular complexity index is 1370. The van der Waals surface area contributed by atoms with Crippen molar-refractivity contribution in [3.63, 3.8) is 0 Å². The van der Waals surface area contributed by atoms with Crippen molar-refractivity contribution in [1.82, 2.24) is 10.2 Å². The van der Waals surface area contributed by atoms with Gasteiger partial charge in [0.1, 0.15) is 18.2 Å². The van der Waals surface area contributed by atoms with Crippen molar-refractivity contribution in [3.8, 4) is 0 Å². The van der Waals surface area contributed by atoms with E-state index in [2.05, 4.69) is 17.2 Å². The smallest absolute Gasteiger partial charge is 0.258 e. The fraction of sp³-hybridized carbons (Fsp3) is 0.400. The van der Waals surface area contributed by atoms with Gasteiger partial charge < -0.3 is 15.5 Å². The van der Waals surface area contributed by atoms with Gasteiger partial charge in [-0.05, 0) is 41.5 Å². The normalized spacial score (nSPS) is 26.7. The third-order valence-electron chi connectivity index (χ3n) is 8.64. The molecule has 1 fully saturated rings. The summed E-state index contributed by atoms with van der Waals surface area (Å²) in [6, 6.07) is 12.8. The number of hydrogen-bond acceptors (Lipinski definition) is 4. The van der Waals surface area contributed by atoms with Crippen LogP contribution in [0.5, 0.6) is 0 Å². The summed E-state index contributed by atoms with van der Waals surface area (Å²) < 4.78 is 0. The quantitative estimate of drug-likeness (QED) is 0.608. The molecule has 3 heterocycles. The van der Waals surface area contributed by atoms with E-state index in [1.54, 1.807) is 34.1 Å². The second-order valence-electron chi connectivity index (χ2n) is 11.4. The molecule has 4 atom stereocenters. The van der Waals surface area contributed by atoms with Crippen LogP contribution in [0.1, 0.15) is 57.0 Å². The number of benzene rings is 2. The summed E-state index contributed by atoms with van der Waals surface area (Å²) in [5.74, 6) is -1.63. The van der Waals surface area contributed by atoms with Crippen LogP contribution < -0.4 is 15.5 Å². The molecule has 0 aliphatic carbocycles. The number of para-hydroxylation sites is 2. The number of carbonyl (C=O) groups is 4. The molecular weight excluding hydrogens is 480 g/mol. The number of nitrogens with zero attached hydrogens (tertiary/aromatic N) is 2. The first kappa shape index (κ1) is 25.7. The minimum atomic E-state index is -0.915. The van der Waals surface area contributed by atoms with Gasteiger partial charge in [0.15, 0.2) is 0 Å². The van der Waals surface area contributed by atoms with Crippen molar-refractivity contribution in [1.29, 1.82) is 0 Å². The highest BCUT2D eigenvalue weighted by Crippen LogP contribution is 2.62. The zero-order valence-corrected chi connectivity index (χ0v) is 22.4.